The molecule has 1 aliphatic heterocycles. The minimum absolute atomic E-state index is 0.144. The molecule has 0 bridgehead atoms. The van der Waals surface area contributed by atoms with Crippen LogP contribution in [-0.2, 0) is 6.54 Å². The second-order valence-corrected chi connectivity index (χ2v) is 7.66. The van der Waals surface area contributed by atoms with Gasteiger partial charge in [0.25, 0.3) is 11.3 Å². The monoisotopic (exact) mass is 441 g/mol. The molecule has 6 rings (SSSR count). The fraction of sp³-hybridized carbons (Fsp3) is 0.167. The van der Waals surface area contributed by atoms with Crippen LogP contribution < -0.4 is 19.8 Å². The molecule has 0 radical (unpaired) electrons. The number of benzene rings is 2. The Bertz CT molecular complexity index is 1560. The number of aromatic nitrogens is 5. The highest BCUT2D eigenvalue weighted by atomic mass is 16.6. The van der Waals surface area contributed by atoms with Crippen molar-refractivity contribution in [2.45, 2.75) is 6.54 Å². The van der Waals surface area contributed by atoms with Crippen LogP contribution in [0.2, 0.25) is 0 Å². The summed E-state index contributed by atoms with van der Waals surface area (Å²) in [4.78, 5) is 22.1. The molecule has 9 nitrogen and oxygen atoms in total. The van der Waals surface area contributed by atoms with Crippen molar-refractivity contribution >= 4 is 16.7 Å². The summed E-state index contributed by atoms with van der Waals surface area (Å²) in [6, 6.07) is 15.1. The van der Waals surface area contributed by atoms with Crippen LogP contribution in [0.5, 0.6) is 17.2 Å². The lowest BCUT2D eigenvalue weighted by Crippen LogP contribution is -2.21. The van der Waals surface area contributed by atoms with Crippen LogP contribution in [0, 0.1) is 0 Å². The lowest BCUT2D eigenvalue weighted by atomic mass is 10.2. The van der Waals surface area contributed by atoms with Crippen LogP contribution in [-0.4, -0.2) is 44.5 Å². The number of hydrogen-bond donors (Lipinski definition) is 0. The van der Waals surface area contributed by atoms with Crippen LogP contribution in [0.4, 0.5) is 0 Å². The lowest BCUT2D eigenvalue weighted by molar-refractivity contribution is 0.171. The molecule has 9 heteroatoms. The third-order valence-electron chi connectivity index (χ3n) is 5.62. The molecule has 0 fully saturated rings. The normalized spacial score (nSPS) is 12.9. The van der Waals surface area contributed by atoms with Gasteiger partial charge < -0.3 is 18.8 Å². The van der Waals surface area contributed by atoms with Crippen molar-refractivity contribution in [3.8, 4) is 28.6 Å². The van der Waals surface area contributed by atoms with Gasteiger partial charge in [0.2, 0.25) is 0 Å². The maximum absolute atomic E-state index is 13.1. The second kappa shape index (κ2) is 7.63. The average molecular weight is 441 g/mol. The molecule has 0 N–H and O–H groups in total. The highest BCUT2D eigenvalue weighted by molar-refractivity contribution is 5.79. The van der Waals surface area contributed by atoms with Gasteiger partial charge in [-0.25, -0.2) is 4.98 Å². The first-order valence-corrected chi connectivity index (χ1v) is 10.5. The third-order valence-corrected chi connectivity index (χ3v) is 5.62. The number of nitrogens with zero attached hydrogens (tertiary/aromatic N) is 5. The van der Waals surface area contributed by atoms with Gasteiger partial charge in [-0.15, -0.1) is 5.10 Å². The summed E-state index contributed by atoms with van der Waals surface area (Å²) in [5, 5.41) is 5.09. The summed E-state index contributed by atoms with van der Waals surface area (Å²) < 4.78 is 19.7. The Morgan fingerprint density at radius 1 is 1.03 bits per heavy atom. The molecule has 4 heterocycles. The maximum atomic E-state index is 13.1. The van der Waals surface area contributed by atoms with Crippen molar-refractivity contribution in [1.82, 2.24) is 24.1 Å². The van der Waals surface area contributed by atoms with Gasteiger partial charge in [-0.1, -0.05) is 12.1 Å². The van der Waals surface area contributed by atoms with Gasteiger partial charge in [0, 0.05) is 18.0 Å². The maximum Gasteiger partial charge on any atom is 0.261 e. The van der Waals surface area contributed by atoms with Gasteiger partial charge in [-0.05, 0) is 42.0 Å². The van der Waals surface area contributed by atoms with Gasteiger partial charge >= 0.3 is 0 Å². The van der Waals surface area contributed by atoms with Gasteiger partial charge in [0.05, 0.1) is 24.6 Å². The van der Waals surface area contributed by atoms with Crippen LogP contribution in [0.3, 0.4) is 0 Å². The molecule has 2 aromatic carbocycles. The summed E-state index contributed by atoms with van der Waals surface area (Å²) in [5.74, 6) is 3.05. The number of pyridine rings is 1. The Hall–Kier alpha value is -4.40. The van der Waals surface area contributed by atoms with E-state index >= 15 is 0 Å². The number of methoxy groups -OCH3 is 1. The van der Waals surface area contributed by atoms with E-state index in [0.29, 0.717) is 53.8 Å². The smallest absolute Gasteiger partial charge is 0.261 e. The number of fused-ring (bicyclic) bond motifs is 4. The van der Waals surface area contributed by atoms with Gasteiger partial charge in [-0.2, -0.15) is 9.50 Å². The van der Waals surface area contributed by atoms with Crippen molar-refractivity contribution in [2.75, 3.05) is 20.3 Å². The summed E-state index contributed by atoms with van der Waals surface area (Å²) in [6.07, 6.45) is 3.32. The molecule has 0 saturated heterocycles. The van der Waals surface area contributed by atoms with E-state index in [4.69, 9.17) is 14.2 Å². The second-order valence-electron chi connectivity index (χ2n) is 7.66. The molecule has 164 valence electrons. The summed E-state index contributed by atoms with van der Waals surface area (Å²) in [7, 11) is 1.62. The molecule has 0 atom stereocenters. The lowest BCUT2D eigenvalue weighted by Gasteiger charge is -2.18. The summed E-state index contributed by atoms with van der Waals surface area (Å²) in [6.45, 7) is 1.48. The molecule has 0 unspecified atom stereocenters. The van der Waals surface area contributed by atoms with Crippen molar-refractivity contribution in [3.63, 3.8) is 0 Å². The van der Waals surface area contributed by atoms with E-state index in [1.54, 1.807) is 28.6 Å². The van der Waals surface area contributed by atoms with Crippen molar-refractivity contribution in [3.05, 3.63) is 76.8 Å². The van der Waals surface area contributed by atoms with Gasteiger partial charge in [0.15, 0.2) is 17.3 Å². The third kappa shape index (κ3) is 3.34. The molecule has 1 aliphatic rings. The number of ether oxygens (including phenoxy) is 3. The predicted octanol–water partition coefficient (Wildman–Crippen LogP) is 2.93. The Morgan fingerprint density at radius 3 is 2.67 bits per heavy atom. The first-order valence-electron chi connectivity index (χ1n) is 10.5. The number of rotatable bonds is 4. The van der Waals surface area contributed by atoms with Gasteiger partial charge in [0.1, 0.15) is 19.0 Å². The molecule has 0 saturated carbocycles. The zero-order valence-corrected chi connectivity index (χ0v) is 17.8. The van der Waals surface area contributed by atoms with E-state index in [2.05, 4.69) is 15.1 Å². The highest BCUT2D eigenvalue weighted by Crippen LogP contribution is 2.33. The van der Waals surface area contributed by atoms with Crippen molar-refractivity contribution < 1.29 is 14.2 Å². The molecule has 0 aliphatic carbocycles. The highest BCUT2D eigenvalue weighted by Gasteiger charge is 2.16. The zero-order chi connectivity index (χ0) is 22.4. The Kier molecular flexibility index (Phi) is 4.46. The Morgan fingerprint density at radius 2 is 1.85 bits per heavy atom. The fourth-order valence-corrected chi connectivity index (χ4v) is 3.92. The van der Waals surface area contributed by atoms with E-state index in [1.807, 2.05) is 48.5 Å². The van der Waals surface area contributed by atoms with E-state index in [0.717, 1.165) is 16.9 Å². The van der Waals surface area contributed by atoms with Crippen LogP contribution in [0.1, 0.15) is 5.56 Å². The summed E-state index contributed by atoms with van der Waals surface area (Å²) in [5.41, 5.74) is 2.28. The van der Waals surface area contributed by atoms with Crippen molar-refractivity contribution in [2.24, 2.45) is 0 Å². The van der Waals surface area contributed by atoms with E-state index in [-0.39, 0.29) is 5.56 Å². The first-order chi connectivity index (χ1) is 16.2. The van der Waals surface area contributed by atoms with E-state index in [9.17, 15) is 4.79 Å². The quantitative estimate of drug-likeness (QED) is 0.423. The molecular formula is C24H19N5O4. The van der Waals surface area contributed by atoms with Crippen LogP contribution >= 0.6 is 0 Å². The average Bonchev–Trinajstić information content (AvgIpc) is 3.31. The SMILES string of the molecule is COc1ccc(Cn2ccc3c(cnc4nc(-c5ccc6c(c5)OCCO6)nn43)c2=O)cc1. The first kappa shape index (κ1) is 19.3. The Labute approximate surface area is 187 Å². The largest absolute Gasteiger partial charge is 0.497 e. The Balaban J connectivity index is 1.39. The van der Waals surface area contributed by atoms with Crippen LogP contribution in [0.25, 0.3) is 28.1 Å². The van der Waals surface area contributed by atoms with Crippen LogP contribution in [0.15, 0.2) is 65.7 Å². The molecule has 0 spiro atoms. The van der Waals surface area contributed by atoms with E-state index in [1.165, 1.54) is 0 Å². The van der Waals surface area contributed by atoms with Gasteiger partial charge in [-0.3, -0.25) is 4.79 Å². The summed E-state index contributed by atoms with van der Waals surface area (Å²) >= 11 is 0. The predicted molar refractivity (Wildman–Crippen MR) is 121 cm³/mol. The molecular weight excluding hydrogens is 422 g/mol. The minimum Gasteiger partial charge on any atom is -0.497 e. The molecule has 3 aromatic heterocycles. The number of hydrogen-bond acceptors (Lipinski definition) is 7. The molecule has 0 amide bonds. The zero-order valence-electron chi connectivity index (χ0n) is 17.8. The van der Waals surface area contributed by atoms with Crippen molar-refractivity contribution in [1.29, 1.82) is 0 Å². The van der Waals surface area contributed by atoms with E-state index < -0.39 is 0 Å². The minimum atomic E-state index is -0.144. The fourth-order valence-electron chi connectivity index (χ4n) is 3.92. The topological polar surface area (TPSA) is 92.8 Å². The molecule has 33 heavy (non-hydrogen) atoms. The standard InChI is InChI=1S/C24H19N5O4/c1-31-17-5-2-15(3-6-17)14-28-9-8-19-18(23(28)30)13-25-24-26-22(27-29(19)24)16-4-7-20-21(12-16)33-11-10-32-20/h2-9,12-13H,10-11,14H2,1H3. The molecule has 5 aromatic rings.